The number of allylic oxidation sites excluding steroid dienone is 1. The molecular formula is C19H29N3O9S2. The van der Waals surface area contributed by atoms with E-state index >= 15 is 0 Å². The van der Waals surface area contributed by atoms with Crippen LogP contribution in [0.1, 0.15) is 13.3 Å². The summed E-state index contributed by atoms with van der Waals surface area (Å²) in [6.07, 6.45) is -0.214. The zero-order valence-electron chi connectivity index (χ0n) is 18.5. The van der Waals surface area contributed by atoms with Gasteiger partial charge in [0.25, 0.3) is 0 Å². The second-order valence-corrected chi connectivity index (χ2v) is 9.15. The number of hydrogen-bond donors (Lipinski definition) is 2. The van der Waals surface area contributed by atoms with Crippen LogP contribution in [0, 0.1) is 0 Å². The van der Waals surface area contributed by atoms with E-state index in [4.69, 9.17) is 9.47 Å². The molecule has 0 aliphatic heterocycles. The van der Waals surface area contributed by atoms with Crippen molar-refractivity contribution in [3.05, 3.63) is 44.1 Å². The average molecular weight is 508 g/mol. The summed E-state index contributed by atoms with van der Waals surface area (Å²) < 4.78 is 12.0. The second kappa shape index (κ2) is 14.8. The van der Waals surface area contributed by atoms with Crippen LogP contribution in [-0.4, -0.2) is 77.9 Å². The van der Waals surface area contributed by atoms with Crippen LogP contribution in [0.25, 0.3) is 0 Å². The Morgan fingerprint density at radius 3 is 2.00 bits per heavy atom. The van der Waals surface area contributed by atoms with Gasteiger partial charge in [0.2, 0.25) is 0 Å². The van der Waals surface area contributed by atoms with Gasteiger partial charge in [-0.25, -0.2) is 28.1 Å². The average Bonchev–Trinajstić information content (AvgIpc) is 2.80. The summed E-state index contributed by atoms with van der Waals surface area (Å²) >= 11 is 2.44. The summed E-state index contributed by atoms with van der Waals surface area (Å²) in [6, 6.07) is 0. The molecule has 0 amide bonds. The maximum atomic E-state index is 12.4. The minimum atomic E-state index is -1.35. The molecule has 0 fully saturated rings. The second-order valence-electron chi connectivity index (χ2n) is 6.81. The quantitative estimate of drug-likeness (QED) is 0.124. The van der Waals surface area contributed by atoms with E-state index in [0.717, 1.165) is 9.13 Å². The van der Waals surface area contributed by atoms with Gasteiger partial charge in [-0.15, -0.1) is 30.1 Å². The fourth-order valence-electron chi connectivity index (χ4n) is 2.35. The Morgan fingerprint density at radius 2 is 1.48 bits per heavy atom. The first-order chi connectivity index (χ1) is 15.6. The first kappa shape index (κ1) is 28.7. The summed E-state index contributed by atoms with van der Waals surface area (Å²) in [7, 11) is 1.20. The fraction of sp³-hybridized carbons (Fsp3) is 0.632. The lowest BCUT2D eigenvalue weighted by Crippen LogP contribution is -2.54. The third-order valence-electron chi connectivity index (χ3n) is 4.15. The molecule has 2 unspecified atom stereocenters. The summed E-state index contributed by atoms with van der Waals surface area (Å²) in [5.41, 5.74) is -2.60. The monoisotopic (exact) mass is 507 g/mol. The highest BCUT2D eigenvalue weighted by atomic mass is 32.2. The molecule has 0 aliphatic carbocycles. The highest BCUT2D eigenvalue weighted by molar-refractivity contribution is 8.16. The highest BCUT2D eigenvalue weighted by Crippen LogP contribution is 2.12. The number of aliphatic hydroxyl groups excluding tert-OH is 2. The topological polar surface area (TPSA) is 159 Å². The largest absolute Gasteiger partial charge is 0.462 e. The molecule has 0 saturated carbocycles. The van der Waals surface area contributed by atoms with E-state index in [0.29, 0.717) is 16.1 Å². The summed E-state index contributed by atoms with van der Waals surface area (Å²) in [5.74, 6) is -1.03. The minimum absolute atomic E-state index is 0.0325. The number of carbonyl (C=O) groups excluding carboxylic acids is 2. The number of hydrogen-bond acceptors (Lipinski definition) is 11. The molecule has 12 nitrogen and oxygen atoms in total. The molecule has 1 rings (SSSR count). The van der Waals surface area contributed by atoms with Crippen molar-refractivity contribution in [1.82, 2.24) is 13.7 Å². The van der Waals surface area contributed by atoms with Gasteiger partial charge in [0, 0.05) is 12.1 Å². The molecular weight excluding hydrogens is 478 g/mol. The van der Waals surface area contributed by atoms with Crippen LogP contribution in [0.4, 0.5) is 0 Å². The number of rotatable bonds is 15. The van der Waals surface area contributed by atoms with Crippen LogP contribution in [0.5, 0.6) is 0 Å². The Bertz CT molecular complexity index is 986. The minimum Gasteiger partial charge on any atom is -0.462 e. The normalized spacial score (nSPS) is 12.7. The molecule has 186 valence electrons. The van der Waals surface area contributed by atoms with E-state index in [1.165, 1.54) is 36.6 Å². The predicted octanol–water partition coefficient (Wildman–Crippen LogP) is -1.46. The lowest BCUT2D eigenvalue weighted by molar-refractivity contribution is -0.144. The number of esters is 2. The fourth-order valence-corrected chi connectivity index (χ4v) is 3.98. The molecule has 0 saturated heterocycles. The number of nitrogens with zero attached hydrogens (tertiary/aromatic N) is 3. The zero-order valence-corrected chi connectivity index (χ0v) is 20.1. The van der Waals surface area contributed by atoms with Crippen molar-refractivity contribution >= 4 is 35.5 Å². The number of thioether (sulfide) groups is 2. The van der Waals surface area contributed by atoms with Crippen molar-refractivity contribution in [2.24, 2.45) is 7.05 Å². The molecule has 1 heterocycles. The van der Waals surface area contributed by atoms with Gasteiger partial charge in [0.1, 0.15) is 19.3 Å². The third-order valence-corrected chi connectivity index (χ3v) is 6.37. The highest BCUT2D eigenvalue weighted by Gasteiger charge is 2.17. The Hall–Kier alpha value is -2.29. The molecule has 0 spiro atoms. The van der Waals surface area contributed by atoms with Gasteiger partial charge in [-0.05, 0) is 6.42 Å². The molecule has 0 aromatic carbocycles. The van der Waals surface area contributed by atoms with Crippen molar-refractivity contribution in [2.75, 3.05) is 29.8 Å². The van der Waals surface area contributed by atoms with Crippen LogP contribution < -0.4 is 17.1 Å². The van der Waals surface area contributed by atoms with Gasteiger partial charge < -0.3 is 19.7 Å². The van der Waals surface area contributed by atoms with Crippen molar-refractivity contribution in [2.45, 2.75) is 38.6 Å². The molecule has 0 aliphatic rings. The number of aliphatic hydroxyl groups is 2. The lowest BCUT2D eigenvalue weighted by Gasteiger charge is -2.14. The van der Waals surface area contributed by atoms with E-state index in [2.05, 4.69) is 6.58 Å². The maximum absolute atomic E-state index is 12.4. The maximum Gasteiger partial charge on any atom is 0.336 e. The summed E-state index contributed by atoms with van der Waals surface area (Å²) in [5, 5.41) is 19.8. The first-order valence-electron chi connectivity index (χ1n) is 9.96. The Balaban J connectivity index is 2.42. The Labute approximate surface area is 198 Å². The third kappa shape index (κ3) is 9.61. The molecule has 1 aromatic rings. The van der Waals surface area contributed by atoms with Crippen molar-refractivity contribution in [1.29, 1.82) is 0 Å². The molecule has 14 heteroatoms. The van der Waals surface area contributed by atoms with Gasteiger partial charge in [-0.3, -0.25) is 9.59 Å². The Kier molecular flexibility index (Phi) is 12.9. The van der Waals surface area contributed by atoms with Crippen LogP contribution in [0.15, 0.2) is 27.0 Å². The number of ether oxygens (including phenoxy) is 2. The van der Waals surface area contributed by atoms with Gasteiger partial charge in [-0.1, -0.05) is 13.0 Å². The van der Waals surface area contributed by atoms with E-state index in [9.17, 15) is 34.2 Å². The molecule has 33 heavy (non-hydrogen) atoms. The number of aromatic nitrogens is 3. The van der Waals surface area contributed by atoms with Gasteiger partial charge >= 0.3 is 29.0 Å². The smallest absolute Gasteiger partial charge is 0.336 e. The van der Waals surface area contributed by atoms with Crippen LogP contribution in [0.3, 0.4) is 0 Å². The zero-order chi connectivity index (χ0) is 25.0. The summed E-state index contributed by atoms with van der Waals surface area (Å²) in [6.45, 7) is 4.15. The first-order valence-corrected chi connectivity index (χ1v) is 12.3. The SMILES string of the molecule is C=CCn1c(=O)n(C)c(=O)n(CC(O)COC(=O)CSCSCC(=O)OCC(O)CC)c1=O. The van der Waals surface area contributed by atoms with E-state index in [1.807, 2.05) is 0 Å². The van der Waals surface area contributed by atoms with E-state index < -0.39 is 54.4 Å². The van der Waals surface area contributed by atoms with Crippen LogP contribution in [-0.2, 0) is 39.2 Å². The van der Waals surface area contributed by atoms with Crippen LogP contribution in [0.2, 0.25) is 0 Å². The molecule has 0 bridgehead atoms. The number of carbonyl (C=O) groups is 2. The van der Waals surface area contributed by atoms with E-state index in [-0.39, 0.29) is 24.7 Å². The van der Waals surface area contributed by atoms with Gasteiger partial charge in [0.05, 0.1) is 30.7 Å². The van der Waals surface area contributed by atoms with Crippen molar-refractivity contribution in [3.8, 4) is 0 Å². The van der Waals surface area contributed by atoms with Crippen molar-refractivity contribution < 1.29 is 29.3 Å². The molecule has 2 N–H and O–H groups in total. The standard InChI is InChI=1S/C19H29N3O9S2/c1-4-6-21-17(27)20(3)18(28)22(19(21)29)7-14(24)9-31-16(26)11-33-12-32-10-15(25)30-8-13(23)5-2/h4,13-14,23-24H,1,5-12H2,2-3H3. The molecule has 1 aromatic heterocycles. The molecule has 2 atom stereocenters. The lowest BCUT2D eigenvalue weighted by atomic mass is 10.3. The van der Waals surface area contributed by atoms with Crippen molar-refractivity contribution in [3.63, 3.8) is 0 Å². The summed E-state index contributed by atoms with van der Waals surface area (Å²) in [4.78, 5) is 59.8. The van der Waals surface area contributed by atoms with Gasteiger partial charge in [0.15, 0.2) is 0 Å². The predicted molar refractivity (Wildman–Crippen MR) is 124 cm³/mol. The molecule has 0 radical (unpaired) electrons. The van der Waals surface area contributed by atoms with Gasteiger partial charge in [-0.2, -0.15) is 0 Å². The Morgan fingerprint density at radius 1 is 0.970 bits per heavy atom. The van der Waals surface area contributed by atoms with E-state index in [1.54, 1.807) is 6.92 Å². The van der Waals surface area contributed by atoms with Crippen LogP contribution >= 0.6 is 23.5 Å².